The fourth-order valence-corrected chi connectivity index (χ4v) is 1.95. The molecule has 19 heavy (non-hydrogen) atoms. The minimum Gasteiger partial charge on any atom is -0.298 e. The van der Waals surface area contributed by atoms with E-state index in [-0.39, 0.29) is 0 Å². The summed E-state index contributed by atoms with van der Waals surface area (Å²) in [4.78, 5) is 10.5. The molecule has 4 heteroatoms. The summed E-state index contributed by atoms with van der Waals surface area (Å²) >= 11 is 0. The highest BCUT2D eigenvalue weighted by Crippen LogP contribution is 2.25. The molecule has 0 spiro atoms. The Bertz CT molecular complexity index is 685. The molecule has 0 saturated heterocycles. The van der Waals surface area contributed by atoms with E-state index in [0.29, 0.717) is 5.84 Å². The number of nitriles is 1. The summed E-state index contributed by atoms with van der Waals surface area (Å²) in [7, 11) is 0. The number of amidine groups is 1. The molecule has 0 aromatic heterocycles. The van der Waals surface area contributed by atoms with Gasteiger partial charge in [0, 0.05) is 24.0 Å². The van der Waals surface area contributed by atoms with Gasteiger partial charge in [0.15, 0.2) is 5.84 Å². The number of hydrogen-bond donors (Lipinski definition) is 0. The first-order valence-electron chi connectivity index (χ1n) is 5.83. The van der Waals surface area contributed by atoms with Gasteiger partial charge in [0.2, 0.25) is 0 Å². The minimum atomic E-state index is 0.713. The van der Waals surface area contributed by atoms with Gasteiger partial charge in [-0.2, -0.15) is 5.26 Å². The van der Waals surface area contributed by atoms with Crippen LogP contribution in [0, 0.1) is 11.3 Å². The highest BCUT2D eigenvalue weighted by molar-refractivity contribution is 6.32. The Morgan fingerprint density at radius 3 is 2.84 bits per heavy atom. The molecule has 0 atom stereocenters. The molecule has 2 aliphatic rings. The molecular weight excluding hydrogens is 236 g/mol. The Hall–Kier alpha value is -2.93. The molecular formula is C15H10N4. The fourth-order valence-electron chi connectivity index (χ4n) is 1.95. The lowest BCUT2D eigenvalue weighted by Gasteiger charge is -2.26. The van der Waals surface area contributed by atoms with Gasteiger partial charge in [0.05, 0.1) is 23.7 Å². The largest absolute Gasteiger partial charge is 0.298 e. The summed E-state index contributed by atoms with van der Waals surface area (Å²) in [5.74, 6) is 0.713. The molecule has 0 aliphatic carbocycles. The van der Waals surface area contributed by atoms with E-state index in [4.69, 9.17) is 5.26 Å². The molecule has 0 saturated carbocycles. The van der Waals surface area contributed by atoms with Crippen molar-refractivity contribution in [3.63, 3.8) is 0 Å². The molecule has 2 heterocycles. The van der Waals surface area contributed by atoms with Crippen molar-refractivity contribution >= 4 is 17.7 Å². The van der Waals surface area contributed by atoms with Crippen LogP contribution in [0.3, 0.4) is 0 Å². The zero-order chi connectivity index (χ0) is 13.1. The summed E-state index contributed by atoms with van der Waals surface area (Å²) in [5, 5.41) is 8.89. The van der Waals surface area contributed by atoms with Crippen molar-refractivity contribution in [2.45, 2.75) is 0 Å². The van der Waals surface area contributed by atoms with Crippen LogP contribution in [-0.4, -0.2) is 17.0 Å². The maximum Gasteiger partial charge on any atom is 0.156 e. The molecule has 3 rings (SSSR count). The van der Waals surface area contributed by atoms with Gasteiger partial charge in [0.25, 0.3) is 0 Å². The lowest BCUT2D eigenvalue weighted by molar-refractivity contribution is 0.711. The van der Waals surface area contributed by atoms with Gasteiger partial charge in [-0.1, -0.05) is 30.3 Å². The average Bonchev–Trinajstić information content (AvgIpc) is 2.48. The second-order valence-corrected chi connectivity index (χ2v) is 4.01. The van der Waals surface area contributed by atoms with Gasteiger partial charge < -0.3 is 0 Å². The molecule has 0 bridgehead atoms. The van der Waals surface area contributed by atoms with Crippen LogP contribution in [0.4, 0.5) is 0 Å². The Kier molecular flexibility index (Phi) is 2.79. The first-order valence-corrected chi connectivity index (χ1v) is 5.83. The van der Waals surface area contributed by atoms with Crippen molar-refractivity contribution in [2.24, 2.45) is 9.98 Å². The second kappa shape index (κ2) is 4.75. The molecule has 4 nitrogen and oxygen atoms in total. The summed E-state index contributed by atoms with van der Waals surface area (Å²) in [6.45, 7) is 0. The van der Waals surface area contributed by atoms with Crippen molar-refractivity contribution in [1.82, 2.24) is 4.90 Å². The zero-order valence-corrected chi connectivity index (χ0v) is 10.1. The van der Waals surface area contributed by atoms with E-state index in [9.17, 15) is 0 Å². The molecule has 0 amide bonds. The van der Waals surface area contributed by atoms with Crippen molar-refractivity contribution in [1.29, 1.82) is 5.26 Å². The normalized spacial score (nSPS) is 18.7. The molecule has 0 N–H and O–H groups in total. The third-order valence-corrected chi connectivity index (χ3v) is 2.82. The lowest BCUT2D eigenvalue weighted by atomic mass is 10.1. The summed E-state index contributed by atoms with van der Waals surface area (Å²) in [5.41, 5.74) is 2.63. The Labute approximate surface area is 111 Å². The Morgan fingerprint density at radius 2 is 2.05 bits per heavy atom. The summed E-state index contributed by atoms with van der Waals surface area (Å²) < 4.78 is 0. The molecule has 0 unspecified atom stereocenters. The number of nitrogens with zero attached hydrogens (tertiary/aromatic N) is 4. The number of fused-ring (bicyclic) bond motifs is 1. The number of hydrogen-bond acceptors (Lipinski definition) is 4. The van der Waals surface area contributed by atoms with E-state index >= 15 is 0 Å². The van der Waals surface area contributed by atoms with Gasteiger partial charge in [-0.15, -0.1) is 0 Å². The highest BCUT2D eigenvalue weighted by atomic mass is 15.2. The first kappa shape index (κ1) is 11.2. The van der Waals surface area contributed by atoms with E-state index in [2.05, 4.69) is 16.1 Å². The first-order chi connectivity index (χ1) is 9.38. The topological polar surface area (TPSA) is 51.8 Å². The summed E-state index contributed by atoms with van der Waals surface area (Å²) in [6.07, 6.45) is 8.54. The smallest absolute Gasteiger partial charge is 0.156 e. The molecule has 0 radical (unpaired) electrons. The van der Waals surface area contributed by atoms with Crippen molar-refractivity contribution < 1.29 is 0 Å². The maximum atomic E-state index is 8.89. The Morgan fingerprint density at radius 1 is 1.21 bits per heavy atom. The van der Waals surface area contributed by atoms with Gasteiger partial charge in [-0.05, 0) is 6.08 Å². The van der Waals surface area contributed by atoms with E-state index in [0.717, 1.165) is 17.0 Å². The lowest BCUT2D eigenvalue weighted by Crippen LogP contribution is -2.29. The number of benzene rings is 1. The van der Waals surface area contributed by atoms with E-state index in [1.165, 1.54) is 6.08 Å². The number of aliphatic imine (C=N–C) groups is 2. The third kappa shape index (κ3) is 2.09. The van der Waals surface area contributed by atoms with Crippen molar-refractivity contribution in [3.05, 3.63) is 66.1 Å². The Balaban J connectivity index is 2.10. The number of rotatable bonds is 1. The van der Waals surface area contributed by atoms with Crippen LogP contribution >= 0.6 is 0 Å². The van der Waals surface area contributed by atoms with Crippen LogP contribution in [0.1, 0.15) is 5.56 Å². The quantitative estimate of drug-likeness (QED) is 0.715. The van der Waals surface area contributed by atoms with Crippen LogP contribution in [0.2, 0.25) is 0 Å². The van der Waals surface area contributed by atoms with Crippen LogP contribution in [0.25, 0.3) is 5.70 Å². The van der Waals surface area contributed by atoms with Gasteiger partial charge >= 0.3 is 0 Å². The summed E-state index contributed by atoms with van der Waals surface area (Å²) in [6, 6.07) is 11.9. The zero-order valence-electron chi connectivity index (χ0n) is 10.1. The van der Waals surface area contributed by atoms with Crippen molar-refractivity contribution in [2.75, 3.05) is 0 Å². The molecule has 90 valence electrons. The SMILES string of the molecule is N#CC=C1C=C(c2ccccc2)N=C2C=NC=CN12. The standard InChI is InChI=1S/C15H10N4/c16-7-6-13-10-14(12-4-2-1-3-5-12)18-15-11-17-8-9-19(13)15/h1-6,8-11H. The molecule has 2 aliphatic heterocycles. The third-order valence-electron chi connectivity index (χ3n) is 2.82. The molecule has 1 aromatic carbocycles. The average molecular weight is 246 g/mol. The molecule has 1 aromatic rings. The van der Waals surface area contributed by atoms with Gasteiger partial charge in [-0.25, -0.2) is 4.99 Å². The molecule has 0 fully saturated rings. The second-order valence-electron chi connectivity index (χ2n) is 4.01. The maximum absolute atomic E-state index is 8.89. The minimum absolute atomic E-state index is 0.713. The highest BCUT2D eigenvalue weighted by Gasteiger charge is 2.19. The van der Waals surface area contributed by atoms with Crippen molar-refractivity contribution in [3.8, 4) is 6.07 Å². The van der Waals surface area contributed by atoms with E-state index < -0.39 is 0 Å². The van der Waals surface area contributed by atoms with Crippen LogP contribution in [0.5, 0.6) is 0 Å². The fraction of sp³-hybridized carbons (Fsp3) is 0. The van der Waals surface area contributed by atoms with Gasteiger partial charge in [0.1, 0.15) is 0 Å². The monoisotopic (exact) mass is 246 g/mol. The predicted molar refractivity (Wildman–Crippen MR) is 75.0 cm³/mol. The number of allylic oxidation sites excluding steroid dienone is 2. The van der Waals surface area contributed by atoms with E-state index in [1.54, 1.807) is 18.6 Å². The predicted octanol–water partition coefficient (Wildman–Crippen LogP) is 2.70. The van der Waals surface area contributed by atoms with E-state index in [1.807, 2.05) is 41.3 Å². The van der Waals surface area contributed by atoms with Gasteiger partial charge in [-0.3, -0.25) is 9.89 Å². The van der Waals surface area contributed by atoms with Crippen LogP contribution in [0.15, 0.2) is 70.6 Å². The van der Waals surface area contributed by atoms with Crippen LogP contribution in [-0.2, 0) is 0 Å². The van der Waals surface area contributed by atoms with Crippen LogP contribution < -0.4 is 0 Å².